The van der Waals surface area contributed by atoms with Crippen LogP contribution < -0.4 is 10.5 Å². The number of hydrogen-bond acceptors (Lipinski definition) is 5. The number of nitrogens with one attached hydrogen (secondary N) is 1. The molecule has 0 spiro atoms. The molecule has 0 amide bonds. The number of fused-ring (bicyclic) bond motifs is 1. The highest BCUT2D eigenvalue weighted by Crippen LogP contribution is 2.28. The third kappa shape index (κ3) is 2.58. The van der Waals surface area contributed by atoms with Crippen molar-refractivity contribution < 1.29 is 8.42 Å². The molecule has 3 rings (SSSR count). The first-order chi connectivity index (χ1) is 9.60. The Morgan fingerprint density at radius 3 is 2.90 bits per heavy atom. The van der Waals surface area contributed by atoms with E-state index in [1.807, 2.05) is 0 Å². The van der Waals surface area contributed by atoms with E-state index in [1.165, 1.54) is 12.3 Å². The maximum absolute atomic E-state index is 12.4. The predicted octanol–water partition coefficient (Wildman–Crippen LogP) is 0.0553. The van der Waals surface area contributed by atoms with Crippen LogP contribution in [0.5, 0.6) is 0 Å². The molecule has 110 valence electrons. The molecule has 0 aliphatic carbocycles. The third-order valence-corrected chi connectivity index (χ3v) is 5.63. The quantitative estimate of drug-likeness (QED) is 0.820. The molecule has 2 aliphatic rings. The fraction of sp³-hybridized carbons (Fsp3) is 0.615. The molecule has 0 bridgehead atoms. The second-order valence-electron chi connectivity index (χ2n) is 5.47. The molecule has 2 unspecified atom stereocenters. The van der Waals surface area contributed by atoms with E-state index < -0.39 is 10.0 Å². The van der Waals surface area contributed by atoms with Gasteiger partial charge in [-0.15, -0.1) is 0 Å². The summed E-state index contributed by atoms with van der Waals surface area (Å²) in [6.45, 7) is 2.43. The smallest absolute Gasteiger partial charge is 0.258 e. The normalized spacial score (nSPS) is 26.9. The van der Waals surface area contributed by atoms with Crippen molar-refractivity contribution in [2.45, 2.75) is 42.9 Å². The second kappa shape index (κ2) is 5.40. The topological polar surface area (TPSA) is 88.3 Å². The van der Waals surface area contributed by atoms with E-state index >= 15 is 0 Å². The molecule has 1 aromatic rings. The Bertz CT molecular complexity index is 573. The fourth-order valence-corrected chi connectivity index (χ4v) is 4.40. The van der Waals surface area contributed by atoms with Gasteiger partial charge in [-0.1, -0.05) is 6.07 Å². The molecule has 2 aliphatic heterocycles. The van der Waals surface area contributed by atoms with Gasteiger partial charge in [0.1, 0.15) is 0 Å². The zero-order valence-corrected chi connectivity index (χ0v) is 12.1. The largest absolute Gasteiger partial charge is 0.326 e. The van der Waals surface area contributed by atoms with Crippen LogP contribution >= 0.6 is 0 Å². The maximum atomic E-state index is 12.4. The monoisotopic (exact) mass is 296 g/mol. The standard InChI is InChI=1S/C13H20N4O2S/c14-8-10-3-4-13(15-9-10)20(18,19)16-11-5-7-17-6-1-2-12(11)17/h3-4,9,11-12,16H,1-2,5-8,14H2. The van der Waals surface area contributed by atoms with Crippen LogP contribution in [0.25, 0.3) is 0 Å². The fourth-order valence-electron chi connectivity index (χ4n) is 3.17. The van der Waals surface area contributed by atoms with E-state index in [9.17, 15) is 8.42 Å². The van der Waals surface area contributed by atoms with E-state index in [0.29, 0.717) is 12.6 Å². The molecular formula is C13H20N4O2S. The lowest BCUT2D eigenvalue weighted by atomic mass is 10.1. The highest BCUT2D eigenvalue weighted by molar-refractivity contribution is 7.89. The summed E-state index contributed by atoms with van der Waals surface area (Å²) in [7, 11) is -3.54. The van der Waals surface area contributed by atoms with Crippen molar-refractivity contribution in [1.29, 1.82) is 0 Å². The van der Waals surface area contributed by atoms with Gasteiger partial charge in [-0.3, -0.25) is 4.90 Å². The molecule has 6 nitrogen and oxygen atoms in total. The molecule has 20 heavy (non-hydrogen) atoms. The summed E-state index contributed by atoms with van der Waals surface area (Å²) in [6, 6.07) is 3.59. The summed E-state index contributed by atoms with van der Waals surface area (Å²) >= 11 is 0. The van der Waals surface area contributed by atoms with Gasteiger partial charge in [-0.25, -0.2) is 18.1 Å². The first-order valence-corrected chi connectivity index (χ1v) is 8.50. The Hall–Kier alpha value is -1.02. The summed E-state index contributed by atoms with van der Waals surface area (Å²) in [5, 5.41) is 0.0751. The Balaban J connectivity index is 1.74. The number of pyridine rings is 1. The summed E-state index contributed by atoms with van der Waals surface area (Å²) in [6.07, 6.45) is 4.63. The first-order valence-electron chi connectivity index (χ1n) is 7.01. The van der Waals surface area contributed by atoms with Crippen LogP contribution in [0.4, 0.5) is 0 Å². The maximum Gasteiger partial charge on any atom is 0.258 e. The minimum absolute atomic E-state index is 0.0125. The lowest BCUT2D eigenvalue weighted by Crippen LogP contribution is -2.42. The number of rotatable bonds is 4. The van der Waals surface area contributed by atoms with Crippen molar-refractivity contribution in [2.75, 3.05) is 13.1 Å². The predicted molar refractivity (Wildman–Crippen MR) is 75.4 cm³/mol. The number of aromatic nitrogens is 1. The average Bonchev–Trinajstić information content (AvgIpc) is 3.04. The summed E-state index contributed by atoms with van der Waals surface area (Å²) in [4.78, 5) is 6.38. The van der Waals surface area contributed by atoms with Crippen molar-refractivity contribution in [2.24, 2.45) is 5.73 Å². The van der Waals surface area contributed by atoms with E-state index in [-0.39, 0.29) is 11.1 Å². The average molecular weight is 296 g/mol. The summed E-state index contributed by atoms with van der Waals surface area (Å²) in [5.74, 6) is 0. The molecule has 0 radical (unpaired) electrons. The van der Waals surface area contributed by atoms with Gasteiger partial charge in [-0.05, 0) is 37.4 Å². The van der Waals surface area contributed by atoms with Crippen molar-refractivity contribution in [3.05, 3.63) is 23.9 Å². The number of hydrogen-bond donors (Lipinski definition) is 2. The van der Waals surface area contributed by atoms with E-state index in [0.717, 1.165) is 37.9 Å². The van der Waals surface area contributed by atoms with Crippen molar-refractivity contribution >= 4 is 10.0 Å². The zero-order valence-electron chi connectivity index (χ0n) is 11.3. The van der Waals surface area contributed by atoms with Crippen molar-refractivity contribution in [3.8, 4) is 0 Å². The minimum Gasteiger partial charge on any atom is -0.326 e. The van der Waals surface area contributed by atoms with Gasteiger partial charge >= 0.3 is 0 Å². The molecule has 7 heteroatoms. The number of nitrogens with two attached hydrogens (primary N) is 1. The van der Waals surface area contributed by atoms with Crippen LogP contribution in [0.2, 0.25) is 0 Å². The van der Waals surface area contributed by atoms with Crippen LogP contribution in [0.15, 0.2) is 23.4 Å². The molecule has 2 atom stereocenters. The van der Waals surface area contributed by atoms with Gasteiger partial charge in [-0.2, -0.15) is 0 Å². The molecule has 1 aromatic heterocycles. The molecule has 3 heterocycles. The van der Waals surface area contributed by atoms with E-state index in [2.05, 4.69) is 14.6 Å². The Morgan fingerprint density at radius 1 is 1.35 bits per heavy atom. The summed E-state index contributed by atoms with van der Waals surface area (Å²) in [5.41, 5.74) is 6.31. The third-order valence-electron chi connectivity index (χ3n) is 4.22. The lowest BCUT2D eigenvalue weighted by molar-refractivity contribution is 0.309. The Labute approximate surface area is 119 Å². The van der Waals surface area contributed by atoms with Crippen LogP contribution in [-0.4, -0.2) is 43.5 Å². The minimum atomic E-state index is -3.54. The van der Waals surface area contributed by atoms with Crippen LogP contribution in [0, 0.1) is 0 Å². The van der Waals surface area contributed by atoms with Crippen LogP contribution in [0.1, 0.15) is 24.8 Å². The van der Waals surface area contributed by atoms with Crippen LogP contribution in [-0.2, 0) is 16.6 Å². The Kier molecular flexibility index (Phi) is 3.76. The number of sulfonamides is 1. The highest BCUT2D eigenvalue weighted by Gasteiger charge is 2.39. The van der Waals surface area contributed by atoms with E-state index in [1.54, 1.807) is 6.07 Å². The van der Waals surface area contributed by atoms with Gasteiger partial charge in [0.15, 0.2) is 5.03 Å². The van der Waals surface area contributed by atoms with Gasteiger partial charge < -0.3 is 5.73 Å². The van der Waals surface area contributed by atoms with Gasteiger partial charge in [0.2, 0.25) is 0 Å². The van der Waals surface area contributed by atoms with Gasteiger partial charge in [0.05, 0.1) is 0 Å². The first kappa shape index (κ1) is 13.9. The molecule has 0 aromatic carbocycles. The Morgan fingerprint density at radius 2 is 2.20 bits per heavy atom. The molecule has 2 saturated heterocycles. The number of nitrogens with zero attached hydrogens (tertiary/aromatic N) is 2. The highest BCUT2D eigenvalue weighted by atomic mass is 32.2. The SMILES string of the molecule is NCc1ccc(S(=O)(=O)NC2CCN3CCCC23)nc1. The molecule has 2 fully saturated rings. The van der Waals surface area contributed by atoms with Crippen LogP contribution in [0.3, 0.4) is 0 Å². The summed E-state index contributed by atoms with van der Waals surface area (Å²) < 4.78 is 27.5. The lowest BCUT2D eigenvalue weighted by Gasteiger charge is -2.20. The van der Waals surface area contributed by atoms with Crippen molar-refractivity contribution in [3.63, 3.8) is 0 Å². The molecule has 3 N–H and O–H groups in total. The second-order valence-corrected chi connectivity index (χ2v) is 7.13. The van der Waals surface area contributed by atoms with Gasteiger partial charge in [0, 0.05) is 31.4 Å². The zero-order chi connectivity index (χ0) is 14.2. The van der Waals surface area contributed by atoms with Gasteiger partial charge in [0.25, 0.3) is 10.0 Å². The van der Waals surface area contributed by atoms with Crippen molar-refractivity contribution in [1.82, 2.24) is 14.6 Å². The van der Waals surface area contributed by atoms with E-state index in [4.69, 9.17) is 5.73 Å². The molecule has 0 saturated carbocycles. The molecular weight excluding hydrogens is 276 g/mol.